The second kappa shape index (κ2) is 6.02. The van der Waals surface area contributed by atoms with Crippen LogP contribution in [0.25, 0.3) is 10.2 Å². The third-order valence-electron chi connectivity index (χ3n) is 3.06. The van der Waals surface area contributed by atoms with Crippen molar-refractivity contribution in [2.75, 3.05) is 19.0 Å². The lowest BCUT2D eigenvalue weighted by Gasteiger charge is -2.12. The van der Waals surface area contributed by atoms with Crippen LogP contribution in [0.1, 0.15) is 0 Å². The SMILES string of the molecule is CN(C)c1ccc(N=Nc2nc3ccc(Br)cc3s2)c(O)c1. The summed E-state index contributed by atoms with van der Waals surface area (Å²) in [5, 5.41) is 18.8. The first-order valence-electron chi connectivity index (χ1n) is 6.51. The van der Waals surface area contributed by atoms with Gasteiger partial charge in [0.1, 0.15) is 11.4 Å². The van der Waals surface area contributed by atoms with Crippen LogP contribution in [0.5, 0.6) is 5.75 Å². The highest BCUT2D eigenvalue weighted by atomic mass is 79.9. The summed E-state index contributed by atoms with van der Waals surface area (Å²) >= 11 is 4.89. The van der Waals surface area contributed by atoms with E-state index in [4.69, 9.17) is 0 Å². The summed E-state index contributed by atoms with van der Waals surface area (Å²) in [6, 6.07) is 11.1. The van der Waals surface area contributed by atoms with Crippen molar-refractivity contribution in [2.45, 2.75) is 0 Å². The Bertz CT molecular complexity index is 860. The summed E-state index contributed by atoms with van der Waals surface area (Å²) in [6.45, 7) is 0. The van der Waals surface area contributed by atoms with Gasteiger partial charge in [0.15, 0.2) is 0 Å². The minimum Gasteiger partial charge on any atom is -0.506 e. The van der Waals surface area contributed by atoms with E-state index in [9.17, 15) is 5.11 Å². The van der Waals surface area contributed by atoms with Gasteiger partial charge in [-0.25, -0.2) is 4.98 Å². The van der Waals surface area contributed by atoms with Gasteiger partial charge in [0.25, 0.3) is 0 Å². The summed E-state index contributed by atoms with van der Waals surface area (Å²) in [4.78, 5) is 6.30. The van der Waals surface area contributed by atoms with E-state index >= 15 is 0 Å². The molecule has 0 saturated carbocycles. The lowest BCUT2D eigenvalue weighted by atomic mass is 10.2. The average Bonchev–Trinajstić information content (AvgIpc) is 2.87. The molecule has 0 aliphatic heterocycles. The van der Waals surface area contributed by atoms with E-state index in [-0.39, 0.29) is 5.75 Å². The molecule has 0 spiro atoms. The molecule has 0 radical (unpaired) electrons. The highest BCUT2D eigenvalue weighted by Crippen LogP contribution is 2.34. The van der Waals surface area contributed by atoms with Crippen LogP contribution in [-0.4, -0.2) is 24.2 Å². The minimum absolute atomic E-state index is 0.0961. The zero-order valence-electron chi connectivity index (χ0n) is 12.0. The van der Waals surface area contributed by atoms with Crippen LogP contribution in [-0.2, 0) is 0 Å². The van der Waals surface area contributed by atoms with Gasteiger partial charge in [0, 0.05) is 30.3 Å². The number of rotatable bonds is 3. The van der Waals surface area contributed by atoms with E-state index in [0.29, 0.717) is 10.8 Å². The number of azo groups is 1. The molecule has 0 fully saturated rings. The molecule has 0 aliphatic carbocycles. The number of thiazole rings is 1. The van der Waals surface area contributed by atoms with Crippen LogP contribution < -0.4 is 4.90 Å². The molecule has 1 N–H and O–H groups in total. The van der Waals surface area contributed by atoms with Crippen molar-refractivity contribution >= 4 is 54.0 Å². The smallest absolute Gasteiger partial charge is 0.231 e. The van der Waals surface area contributed by atoms with Crippen LogP contribution in [0.15, 0.2) is 51.1 Å². The van der Waals surface area contributed by atoms with Crippen LogP contribution in [0.3, 0.4) is 0 Å². The molecule has 7 heteroatoms. The number of hydrogen-bond acceptors (Lipinski definition) is 6. The molecule has 0 bridgehead atoms. The van der Waals surface area contributed by atoms with Gasteiger partial charge in [-0.15, -0.1) is 10.2 Å². The van der Waals surface area contributed by atoms with Crippen molar-refractivity contribution in [3.63, 3.8) is 0 Å². The second-order valence-corrected chi connectivity index (χ2v) is 6.80. The van der Waals surface area contributed by atoms with E-state index in [1.165, 1.54) is 11.3 Å². The summed E-state index contributed by atoms with van der Waals surface area (Å²) < 4.78 is 2.04. The van der Waals surface area contributed by atoms with Crippen molar-refractivity contribution in [1.82, 2.24) is 4.98 Å². The fourth-order valence-corrected chi connectivity index (χ4v) is 3.24. The number of phenols is 1. The van der Waals surface area contributed by atoms with Crippen LogP contribution in [0.2, 0.25) is 0 Å². The first-order chi connectivity index (χ1) is 10.5. The summed E-state index contributed by atoms with van der Waals surface area (Å²) in [5.74, 6) is 0.0961. The maximum absolute atomic E-state index is 9.99. The number of aromatic hydroxyl groups is 1. The lowest BCUT2D eigenvalue weighted by molar-refractivity contribution is 0.476. The number of phenolic OH excluding ortho intramolecular Hbond substituents is 1. The third kappa shape index (κ3) is 3.10. The molecule has 3 aromatic rings. The molecule has 1 aromatic heterocycles. The molecule has 2 aromatic carbocycles. The predicted molar refractivity (Wildman–Crippen MR) is 93.9 cm³/mol. The molecule has 5 nitrogen and oxygen atoms in total. The predicted octanol–water partition coefficient (Wildman–Crippen LogP) is 5.25. The Kier molecular flexibility index (Phi) is 4.08. The van der Waals surface area contributed by atoms with E-state index < -0.39 is 0 Å². The number of halogens is 1. The summed E-state index contributed by atoms with van der Waals surface area (Å²) in [6.07, 6.45) is 0. The quantitative estimate of drug-likeness (QED) is 0.635. The zero-order valence-corrected chi connectivity index (χ0v) is 14.4. The Labute approximate surface area is 140 Å². The van der Waals surface area contributed by atoms with E-state index in [1.54, 1.807) is 12.1 Å². The standard InChI is InChI=1S/C15H13BrN4OS/c1-20(2)10-4-6-11(13(21)8-10)18-19-15-17-12-5-3-9(16)7-14(12)22-15/h3-8,21H,1-2H3. The van der Waals surface area contributed by atoms with Crippen LogP contribution in [0.4, 0.5) is 16.5 Å². The molecule has 0 unspecified atom stereocenters. The molecule has 0 amide bonds. The number of nitrogens with zero attached hydrogens (tertiary/aromatic N) is 4. The Balaban J connectivity index is 1.89. The number of fused-ring (bicyclic) bond motifs is 1. The van der Waals surface area contributed by atoms with Gasteiger partial charge < -0.3 is 10.0 Å². The largest absolute Gasteiger partial charge is 0.506 e. The van der Waals surface area contributed by atoms with Gasteiger partial charge in [-0.1, -0.05) is 27.3 Å². The zero-order chi connectivity index (χ0) is 15.7. The van der Waals surface area contributed by atoms with Crippen molar-refractivity contribution < 1.29 is 5.11 Å². The number of anilines is 1. The molecule has 0 atom stereocenters. The third-order valence-corrected chi connectivity index (χ3v) is 4.45. The van der Waals surface area contributed by atoms with Crippen LogP contribution >= 0.6 is 27.3 Å². The number of hydrogen-bond donors (Lipinski definition) is 1. The Morgan fingerprint density at radius 3 is 2.68 bits per heavy atom. The van der Waals surface area contributed by atoms with E-state index in [2.05, 4.69) is 31.1 Å². The fourth-order valence-electron chi connectivity index (χ4n) is 1.90. The lowest BCUT2D eigenvalue weighted by Crippen LogP contribution is -2.07. The van der Waals surface area contributed by atoms with E-state index in [1.807, 2.05) is 43.3 Å². The van der Waals surface area contributed by atoms with Gasteiger partial charge in [-0.2, -0.15) is 0 Å². The van der Waals surface area contributed by atoms with Crippen molar-refractivity contribution in [1.29, 1.82) is 0 Å². The molecule has 3 rings (SSSR count). The first kappa shape index (κ1) is 14.9. The maximum atomic E-state index is 9.99. The monoisotopic (exact) mass is 376 g/mol. The van der Waals surface area contributed by atoms with Gasteiger partial charge in [-0.05, 0) is 30.3 Å². The number of aromatic nitrogens is 1. The Morgan fingerprint density at radius 1 is 1.14 bits per heavy atom. The average molecular weight is 377 g/mol. The summed E-state index contributed by atoms with van der Waals surface area (Å²) in [7, 11) is 3.82. The molecular formula is C15H13BrN4OS. The maximum Gasteiger partial charge on any atom is 0.231 e. The molecule has 22 heavy (non-hydrogen) atoms. The van der Waals surface area contributed by atoms with Gasteiger partial charge in [-0.3, -0.25) is 0 Å². The summed E-state index contributed by atoms with van der Waals surface area (Å²) in [5.41, 5.74) is 2.21. The fraction of sp³-hybridized carbons (Fsp3) is 0.133. The highest BCUT2D eigenvalue weighted by molar-refractivity contribution is 9.10. The van der Waals surface area contributed by atoms with Crippen molar-refractivity contribution in [2.24, 2.45) is 10.2 Å². The molecule has 1 heterocycles. The topological polar surface area (TPSA) is 61.1 Å². The Hall–Kier alpha value is -1.99. The molecule has 0 saturated heterocycles. The molecular weight excluding hydrogens is 364 g/mol. The minimum atomic E-state index is 0.0961. The Morgan fingerprint density at radius 2 is 1.95 bits per heavy atom. The van der Waals surface area contributed by atoms with Gasteiger partial charge in [0.05, 0.1) is 10.2 Å². The molecule has 0 aliphatic rings. The highest BCUT2D eigenvalue weighted by Gasteiger charge is 2.05. The number of benzene rings is 2. The van der Waals surface area contributed by atoms with E-state index in [0.717, 1.165) is 20.4 Å². The van der Waals surface area contributed by atoms with Crippen molar-refractivity contribution in [3.05, 3.63) is 40.9 Å². The van der Waals surface area contributed by atoms with Gasteiger partial charge in [0.2, 0.25) is 5.13 Å². The van der Waals surface area contributed by atoms with Crippen molar-refractivity contribution in [3.8, 4) is 5.75 Å². The first-order valence-corrected chi connectivity index (χ1v) is 8.12. The second-order valence-electron chi connectivity index (χ2n) is 4.88. The van der Waals surface area contributed by atoms with Crippen LogP contribution in [0, 0.1) is 0 Å². The normalized spacial score (nSPS) is 11.4. The van der Waals surface area contributed by atoms with Gasteiger partial charge >= 0.3 is 0 Å². The molecule has 112 valence electrons.